The summed E-state index contributed by atoms with van der Waals surface area (Å²) < 4.78 is 10.7. The van der Waals surface area contributed by atoms with Gasteiger partial charge in [0, 0.05) is 11.3 Å². The van der Waals surface area contributed by atoms with Crippen LogP contribution in [0, 0.1) is 0 Å². The maximum Gasteiger partial charge on any atom is 0.262 e. The van der Waals surface area contributed by atoms with Gasteiger partial charge in [-0.2, -0.15) is 0 Å². The number of ether oxygens (including phenoxy) is 1. The third kappa shape index (κ3) is 4.27. The SMILES string of the molecule is CC(C)(C)c1ccccc1NC(=O)COc1ccc(-c2nnco2)cc1. The topological polar surface area (TPSA) is 77.2 Å². The Hall–Kier alpha value is -3.15. The van der Waals surface area contributed by atoms with E-state index in [0.717, 1.165) is 16.8 Å². The van der Waals surface area contributed by atoms with Crippen molar-refractivity contribution in [2.45, 2.75) is 26.2 Å². The van der Waals surface area contributed by atoms with Crippen LogP contribution in [0.5, 0.6) is 5.75 Å². The molecule has 3 aromatic rings. The van der Waals surface area contributed by atoms with Gasteiger partial charge in [-0.1, -0.05) is 39.0 Å². The molecular weight excluding hydrogens is 330 g/mol. The smallest absolute Gasteiger partial charge is 0.262 e. The van der Waals surface area contributed by atoms with Gasteiger partial charge in [-0.3, -0.25) is 4.79 Å². The first-order chi connectivity index (χ1) is 12.4. The summed E-state index contributed by atoms with van der Waals surface area (Å²) in [6, 6.07) is 14.9. The van der Waals surface area contributed by atoms with Gasteiger partial charge in [-0.25, -0.2) is 0 Å². The van der Waals surface area contributed by atoms with Crippen molar-refractivity contribution >= 4 is 11.6 Å². The molecule has 0 radical (unpaired) electrons. The van der Waals surface area contributed by atoms with Crippen molar-refractivity contribution in [3.8, 4) is 17.2 Å². The molecule has 134 valence electrons. The number of rotatable bonds is 5. The molecule has 1 amide bonds. The zero-order valence-electron chi connectivity index (χ0n) is 15.0. The summed E-state index contributed by atoms with van der Waals surface area (Å²) in [6.07, 6.45) is 1.28. The van der Waals surface area contributed by atoms with Crippen LogP contribution in [0.1, 0.15) is 26.3 Å². The van der Waals surface area contributed by atoms with E-state index < -0.39 is 0 Å². The number of carbonyl (C=O) groups is 1. The molecule has 0 unspecified atom stereocenters. The van der Waals surface area contributed by atoms with Crippen molar-refractivity contribution < 1.29 is 13.9 Å². The average Bonchev–Trinajstić information content (AvgIpc) is 3.15. The van der Waals surface area contributed by atoms with Crippen molar-refractivity contribution in [2.75, 3.05) is 11.9 Å². The number of para-hydroxylation sites is 1. The van der Waals surface area contributed by atoms with Gasteiger partial charge in [-0.05, 0) is 41.3 Å². The summed E-state index contributed by atoms with van der Waals surface area (Å²) in [5.74, 6) is 0.822. The fourth-order valence-corrected chi connectivity index (χ4v) is 2.57. The van der Waals surface area contributed by atoms with Crippen molar-refractivity contribution in [2.24, 2.45) is 0 Å². The highest BCUT2D eigenvalue weighted by atomic mass is 16.5. The van der Waals surface area contributed by atoms with Crippen LogP contribution >= 0.6 is 0 Å². The fraction of sp³-hybridized carbons (Fsp3) is 0.250. The molecular formula is C20H21N3O3. The quantitative estimate of drug-likeness (QED) is 0.750. The predicted molar refractivity (Wildman–Crippen MR) is 99.0 cm³/mol. The molecule has 6 heteroatoms. The number of amides is 1. The molecule has 0 fully saturated rings. The summed E-state index contributed by atoms with van der Waals surface area (Å²) in [6.45, 7) is 6.26. The zero-order chi connectivity index (χ0) is 18.6. The van der Waals surface area contributed by atoms with Gasteiger partial charge < -0.3 is 14.5 Å². The maximum absolute atomic E-state index is 12.2. The molecule has 2 aromatic carbocycles. The Balaban J connectivity index is 1.60. The van der Waals surface area contributed by atoms with Crippen LogP contribution in [-0.2, 0) is 10.2 Å². The van der Waals surface area contributed by atoms with E-state index in [4.69, 9.17) is 9.15 Å². The van der Waals surface area contributed by atoms with Gasteiger partial charge in [0.25, 0.3) is 5.91 Å². The van der Waals surface area contributed by atoms with Crippen LogP contribution in [0.15, 0.2) is 59.3 Å². The van der Waals surface area contributed by atoms with Gasteiger partial charge in [-0.15, -0.1) is 10.2 Å². The highest BCUT2D eigenvalue weighted by Gasteiger charge is 2.18. The lowest BCUT2D eigenvalue weighted by Gasteiger charge is -2.23. The Labute approximate surface area is 152 Å². The van der Waals surface area contributed by atoms with Crippen LogP contribution in [0.2, 0.25) is 0 Å². The summed E-state index contributed by atoms with van der Waals surface area (Å²) in [5.41, 5.74) is 2.62. The number of hydrogen-bond acceptors (Lipinski definition) is 5. The van der Waals surface area contributed by atoms with E-state index >= 15 is 0 Å². The number of carbonyl (C=O) groups excluding carboxylic acids is 1. The third-order valence-corrected chi connectivity index (χ3v) is 3.84. The van der Waals surface area contributed by atoms with Crippen molar-refractivity contribution in [3.05, 3.63) is 60.5 Å². The number of nitrogens with zero attached hydrogens (tertiary/aromatic N) is 2. The van der Waals surface area contributed by atoms with Crippen molar-refractivity contribution in [1.82, 2.24) is 10.2 Å². The van der Waals surface area contributed by atoms with E-state index in [1.807, 2.05) is 24.3 Å². The second-order valence-corrected chi connectivity index (χ2v) is 6.90. The first kappa shape index (κ1) is 17.7. The molecule has 3 rings (SSSR count). The Kier molecular flexibility index (Phi) is 5.02. The van der Waals surface area contributed by atoms with Crippen LogP contribution in [0.3, 0.4) is 0 Å². The molecule has 1 aromatic heterocycles. The van der Waals surface area contributed by atoms with Gasteiger partial charge in [0.2, 0.25) is 12.3 Å². The molecule has 0 aliphatic heterocycles. The van der Waals surface area contributed by atoms with Crippen molar-refractivity contribution in [1.29, 1.82) is 0 Å². The number of benzene rings is 2. The minimum absolute atomic E-state index is 0.0602. The number of hydrogen-bond donors (Lipinski definition) is 1. The number of aromatic nitrogens is 2. The van der Waals surface area contributed by atoms with Crippen LogP contribution in [0.4, 0.5) is 5.69 Å². The molecule has 0 atom stereocenters. The molecule has 0 saturated carbocycles. The molecule has 0 bridgehead atoms. The van der Waals surface area contributed by atoms with E-state index in [1.54, 1.807) is 24.3 Å². The van der Waals surface area contributed by atoms with E-state index in [0.29, 0.717) is 11.6 Å². The van der Waals surface area contributed by atoms with Gasteiger partial charge in [0.05, 0.1) is 0 Å². The molecule has 0 aliphatic carbocycles. The van der Waals surface area contributed by atoms with E-state index in [-0.39, 0.29) is 17.9 Å². The Bertz CT molecular complexity index is 866. The minimum atomic E-state index is -0.206. The monoisotopic (exact) mass is 351 g/mol. The van der Waals surface area contributed by atoms with E-state index in [9.17, 15) is 4.79 Å². The highest BCUT2D eigenvalue weighted by Crippen LogP contribution is 2.29. The highest BCUT2D eigenvalue weighted by molar-refractivity contribution is 5.92. The predicted octanol–water partition coefficient (Wildman–Crippen LogP) is 4.05. The molecule has 6 nitrogen and oxygen atoms in total. The van der Waals surface area contributed by atoms with E-state index in [1.165, 1.54) is 6.39 Å². The van der Waals surface area contributed by atoms with Gasteiger partial charge in [0.1, 0.15) is 5.75 Å². The summed E-state index contributed by atoms with van der Waals surface area (Å²) in [4.78, 5) is 12.2. The lowest BCUT2D eigenvalue weighted by molar-refractivity contribution is -0.118. The second kappa shape index (κ2) is 7.39. The Morgan fingerprint density at radius 3 is 2.50 bits per heavy atom. The maximum atomic E-state index is 12.2. The molecule has 1 N–H and O–H groups in total. The summed E-state index contributed by atoms with van der Waals surface area (Å²) in [5, 5.41) is 10.4. The standard InChI is InChI=1S/C20H21N3O3/c1-20(2,3)16-6-4-5-7-17(16)22-18(24)12-25-15-10-8-14(9-11-15)19-23-21-13-26-19/h4-11,13H,12H2,1-3H3,(H,22,24). The summed E-state index contributed by atoms with van der Waals surface area (Å²) >= 11 is 0. The van der Waals surface area contributed by atoms with Crippen LogP contribution in [0.25, 0.3) is 11.5 Å². The lowest BCUT2D eigenvalue weighted by atomic mass is 9.86. The number of anilines is 1. The first-order valence-electron chi connectivity index (χ1n) is 8.32. The summed E-state index contributed by atoms with van der Waals surface area (Å²) in [7, 11) is 0. The van der Waals surface area contributed by atoms with Gasteiger partial charge >= 0.3 is 0 Å². The fourth-order valence-electron chi connectivity index (χ4n) is 2.57. The molecule has 0 saturated heterocycles. The second-order valence-electron chi connectivity index (χ2n) is 6.90. The van der Waals surface area contributed by atoms with Crippen LogP contribution in [-0.4, -0.2) is 22.7 Å². The Morgan fingerprint density at radius 2 is 1.85 bits per heavy atom. The minimum Gasteiger partial charge on any atom is -0.484 e. The Morgan fingerprint density at radius 1 is 1.12 bits per heavy atom. The molecule has 1 heterocycles. The lowest BCUT2D eigenvalue weighted by Crippen LogP contribution is -2.23. The molecule has 26 heavy (non-hydrogen) atoms. The molecule has 0 aliphatic rings. The van der Waals surface area contributed by atoms with E-state index in [2.05, 4.69) is 36.3 Å². The first-order valence-corrected chi connectivity index (χ1v) is 8.32. The third-order valence-electron chi connectivity index (χ3n) is 3.84. The van der Waals surface area contributed by atoms with Crippen molar-refractivity contribution in [3.63, 3.8) is 0 Å². The number of nitrogens with one attached hydrogen (secondary N) is 1. The normalized spacial score (nSPS) is 11.2. The van der Waals surface area contributed by atoms with Gasteiger partial charge in [0.15, 0.2) is 6.61 Å². The van der Waals surface area contributed by atoms with Crippen LogP contribution < -0.4 is 10.1 Å². The average molecular weight is 351 g/mol. The molecule has 0 spiro atoms. The largest absolute Gasteiger partial charge is 0.484 e. The zero-order valence-corrected chi connectivity index (χ0v) is 15.0.